The first-order chi connectivity index (χ1) is 12.2. The molecule has 26 heavy (non-hydrogen) atoms. The van der Waals surface area contributed by atoms with E-state index in [2.05, 4.69) is 10.5 Å². The van der Waals surface area contributed by atoms with Gasteiger partial charge < -0.3 is 9.84 Å². The molecule has 0 aliphatic rings. The number of amides is 1. The second kappa shape index (κ2) is 8.01. The summed E-state index contributed by atoms with van der Waals surface area (Å²) in [6.07, 6.45) is 0. The highest BCUT2D eigenvalue weighted by Gasteiger charge is 2.23. The molecular weight excluding hydrogens is 354 g/mol. The van der Waals surface area contributed by atoms with E-state index in [0.717, 1.165) is 5.56 Å². The van der Waals surface area contributed by atoms with Crippen LogP contribution in [0.5, 0.6) is 0 Å². The van der Waals surface area contributed by atoms with Crippen molar-refractivity contribution in [2.24, 2.45) is 0 Å². The Kier molecular flexibility index (Phi) is 6.20. The van der Waals surface area contributed by atoms with Crippen LogP contribution >= 0.6 is 0 Å². The zero-order chi connectivity index (χ0) is 19.5. The van der Waals surface area contributed by atoms with E-state index in [1.807, 2.05) is 20.8 Å². The van der Waals surface area contributed by atoms with Gasteiger partial charge in [-0.05, 0) is 38.5 Å². The normalized spacial score (nSPS) is 13.0. The third-order valence-electron chi connectivity index (χ3n) is 4.33. The largest absolute Gasteiger partial charge is 0.361 e. The van der Waals surface area contributed by atoms with Crippen LogP contribution in [0.2, 0.25) is 0 Å². The minimum absolute atomic E-state index is 0.245. The number of hydrogen-bond acceptors (Lipinski definition) is 5. The van der Waals surface area contributed by atoms with Crippen molar-refractivity contribution in [1.29, 1.82) is 0 Å². The van der Waals surface area contributed by atoms with Gasteiger partial charge in [0.25, 0.3) is 5.91 Å². The first-order valence-electron chi connectivity index (χ1n) is 8.56. The smallest absolute Gasteiger partial charge is 0.257 e. The number of aromatic nitrogens is 1. The molecule has 0 saturated heterocycles. The summed E-state index contributed by atoms with van der Waals surface area (Å²) in [5.74, 6) is 0.196. The van der Waals surface area contributed by atoms with Gasteiger partial charge in [-0.15, -0.1) is 0 Å². The Morgan fingerprint density at radius 3 is 2.23 bits per heavy atom. The van der Waals surface area contributed by atoms with Crippen LogP contribution < -0.4 is 5.32 Å². The lowest BCUT2D eigenvalue weighted by atomic mass is 10.1. The van der Waals surface area contributed by atoms with E-state index in [1.165, 1.54) is 4.31 Å². The van der Waals surface area contributed by atoms with Gasteiger partial charge in [-0.25, -0.2) is 8.42 Å². The maximum atomic E-state index is 12.5. The molecule has 1 aromatic heterocycles. The molecule has 0 radical (unpaired) electrons. The summed E-state index contributed by atoms with van der Waals surface area (Å²) in [6.45, 7) is 9.69. The monoisotopic (exact) mass is 379 g/mol. The molecule has 7 nitrogen and oxygen atoms in total. The summed E-state index contributed by atoms with van der Waals surface area (Å²) in [5, 5.41) is 6.67. The second-order valence-corrected chi connectivity index (χ2v) is 7.99. The lowest BCUT2D eigenvalue weighted by Crippen LogP contribution is -2.30. The van der Waals surface area contributed by atoms with Gasteiger partial charge in [0.1, 0.15) is 11.3 Å². The van der Waals surface area contributed by atoms with Crippen LogP contribution in [0.1, 0.15) is 54.2 Å². The van der Waals surface area contributed by atoms with Crippen LogP contribution in [-0.2, 0) is 10.0 Å². The van der Waals surface area contributed by atoms with Gasteiger partial charge in [0.2, 0.25) is 10.0 Å². The number of carbonyl (C=O) groups is 1. The number of benzene rings is 1. The number of sulfonamides is 1. The molecule has 2 rings (SSSR count). The summed E-state index contributed by atoms with van der Waals surface area (Å²) >= 11 is 0. The highest BCUT2D eigenvalue weighted by Crippen LogP contribution is 2.20. The summed E-state index contributed by atoms with van der Waals surface area (Å²) in [6, 6.07) is 6.29. The zero-order valence-corrected chi connectivity index (χ0v) is 16.6. The fourth-order valence-corrected chi connectivity index (χ4v) is 4.26. The van der Waals surface area contributed by atoms with Gasteiger partial charge >= 0.3 is 0 Å². The second-order valence-electron chi connectivity index (χ2n) is 6.05. The first kappa shape index (κ1) is 20.1. The molecule has 0 fully saturated rings. The van der Waals surface area contributed by atoms with E-state index < -0.39 is 10.0 Å². The predicted octanol–water partition coefficient (Wildman–Crippen LogP) is 2.81. The van der Waals surface area contributed by atoms with Crippen molar-refractivity contribution in [3.63, 3.8) is 0 Å². The average Bonchev–Trinajstić information content (AvgIpc) is 2.94. The van der Waals surface area contributed by atoms with Gasteiger partial charge in [0, 0.05) is 13.1 Å². The number of hydrogen-bond donors (Lipinski definition) is 1. The van der Waals surface area contributed by atoms with E-state index in [1.54, 1.807) is 38.1 Å². The highest BCUT2D eigenvalue weighted by molar-refractivity contribution is 7.89. The van der Waals surface area contributed by atoms with Crippen LogP contribution in [0, 0.1) is 13.8 Å². The van der Waals surface area contributed by atoms with Gasteiger partial charge in [-0.1, -0.05) is 31.1 Å². The molecule has 0 aliphatic heterocycles. The molecule has 1 heterocycles. The molecule has 8 heteroatoms. The fourth-order valence-electron chi connectivity index (χ4n) is 2.80. The van der Waals surface area contributed by atoms with Crippen molar-refractivity contribution in [3.05, 3.63) is 46.8 Å². The van der Waals surface area contributed by atoms with Crippen molar-refractivity contribution in [3.8, 4) is 0 Å². The first-order valence-corrected chi connectivity index (χ1v) is 10.00. The average molecular weight is 379 g/mol. The Hall–Kier alpha value is -2.19. The maximum absolute atomic E-state index is 12.5. The van der Waals surface area contributed by atoms with Crippen LogP contribution in [-0.4, -0.2) is 36.9 Å². The number of nitrogens with one attached hydrogen (secondary N) is 1. The lowest BCUT2D eigenvalue weighted by Gasteiger charge is -2.19. The summed E-state index contributed by atoms with van der Waals surface area (Å²) in [7, 11) is -3.49. The van der Waals surface area contributed by atoms with Gasteiger partial charge in [0.05, 0.1) is 16.6 Å². The Balaban J connectivity index is 2.16. The molecule has 0 saturated carbocycles. The predicted molar refractivity (Wildman–Crippen MR) is 98.4 cm³/mol. The number of rotatable bonds is 7. The molecular formula is C18H25N3O4S. The molecule has 0 spiro atoms. The Labute approximate surface area is 154 Å². The molecule has 0 aliphatic carbocycles. The number of carbonyl (C=O) groups excluding carboxylic acids is 1. The van der Waals surface area contributed by atoms with Crippen LogP contribution in [0.4, 0.5) is 0 Å². The van der Waals surface area contributed by atoms with Crippen molar-refractivity contribution in [1.82, 2.24) is 14.8 Å². The van der Waals surface area contributed by atoms with Crippen LogP contribution in [0.3, 0.4) is 0 Å². The van der Waals surface area contributed by atoms with E-state index in [9.17, 15) is 13.2 Å². The zero-order valence-electron chi connectivity index (χ0n) is 15.7. The molecule has 0 unspecified atom stereocenters. The van der Waals surface area contributed by atoms with E-state index in [4.69, 9.17) is 4.52 Å². The third-order valence-corrected chi connectivity index (χ3v) is 6.40. The van der Waals surface area contributed by atoms with Crippen molar-refractivity contribution >= 4 is 15.9 Å². The van der Waals surface area contributed by atoms with E-state index in [-0.39, 0.29) is 16.8 Å². The molecule has 1 atom stereocenters. The molecule has 0 bridgehead atoms. The van der Waals surface area contributed by atoms with Gasteiger partial charge in [0.15, 0.2) is 0 Å². The fraction of sp³-hybridized carbons (Fsp3) is 0.444. The Morgan fingerprint density at radius 1 is 1.19 bits per heavy atom. The highest BCUT2D eigenvalue weighted by atomic mass is 32.2. The third kappa shape index (κ3) is 3.96. The molecule has 1 aromatic carbocycles. The summed E-state index contributed by atoms with van der Waals surface area (Å²) < 4.78 is 31.5. The Morgan fingerprint density at radius 2 is 1.77 bits per heavy atom. The maximum Gasteiger partial charge on any atom is 0.257 e. The summed E-state index contributed by atoms with van der Waals surface area (Å²) in [5.41, 5.74) is 1.77. The quantitative estimate of drug-likeness (QED) is 0.798. The Bertz CT molecular complexity index is 849. The number of aryl methyl sites for hydroxylation is 2. The van der Waals surface area contributed by atoms with Gasteiger partial charge in [-0.2, -0.15) is 4.31 Å². The minimum Gasteiger partial charge on any atom is -0.361 e. The van der Waals surface area contributed by atoms with Crippen LogP contribution in [0.15, 0.2) is 33.7 Å². The minimum atomic E-state index is -3.49. The van der Waals surface area contributed by atoms with E-state index >= 15 is 0 Å². The van der Waals surface area contributed by atoms with Crippen molar-refractivity contribution in [2.45, 2.75) is 45.6 Å². The molecule has 1 amide bonds. The lowest BCUT2D eigenvalue weighted by molar-refractivity contribution is 0.0938. The van der Waals surface area contributed by atoms with Gasteiger partial charge in [-0.3, -0.25) is 4.79 Å². The van der Waals surface area contributed by atoms with Crippen molar-refractivity contribution in [2.75, 3.05) is 13.1 Å². The standard InChI is InChI=1S/C18H25N3O4S/c1-6-21(7-2)26(23,24)16-10-8-15(9-11-16)12(3)19-18(22)17-13(4)20-25-14(17)5/h8-12H,6-7H2,1-5H3,(H,19,22)/t12-/m0/s1. The number of nitrogens with zero attached hydrogens (tertiary/aromatic N) is 2. The molecule has 2 aromatic rings. The van der Waals surface area contributed by atoms with Crippen molar-refractivity contribution < 1.29 is 17.7 Å². The van der Waals surface area contributed by atoms with E-state index in [0.29, 0.717) is 30.1 Å². The molecule has 142 valence electrons. The molecule has 1 N–H and O–H groups in total. The van der Waals surface area contributed by atoms with Crippen LogP contribution in [0.25, 0.3) is 0 Å². The SMILES string of the molecule is CCN(CC)S(=O)(=O)c1ccc([C@H](C)NC(=O)c2c(C)noc2C)cc1. The summed E-state index contributed by atoms with van der Waals surface area (Å²) in [4.78, 5) is 12.7. The topological polar surface area (TPSA) is 92.5 Å².